The molecule has 8 nitrogen and oxygen atoms in total. The Bertz CT molecular complexity index is 1240. The zero-order valence-corrected chi connectivity index (χ0v) is 16.0. The van der Waals surface area contributed by atoms with Crippen molar-refractivity contribution in [1.82, 2.24) is 19.3 Å². The standard InChI is InChI=1S/C21H19N5O3/c1-14-7-9-15(10-8-14)29-18-6-4-3-5-17(18)24-19(27)12-26-13-22-20-16(21(26)28)11-23-25(20)2/h3-11,13H,12H2,1-2H3,(H,24,27). The molecular formula is C21H19N5O3. The van der Waals surface area contributed by atoms with Crippen LogP contribution in [0.4, 0.5) is 5.69 Å². The minimum absolute atomic E-state index is 0.171. The van der Waals surface area contributed by atoms with Crippen LogP contribution in [0.25, 0.3) is 11.0 Å². The summed E-state index contributed by atoms with van der Waals surface area (Å²) < 4.78 is 8.66. The highest BCUT2D eigenvalue weighted by Gasteiger charge is 2.13. The van der Waals surface area contributed by atoms with Gasteiger partial charge in [0.15, 0.2) is 11.4 Å². The molecule has 29 heavy (non-hydrogen) atoms. The molecule has 0 radical (unpaired) electrons. The van der Waals surface area contributed by atoms with Gasteiger partial charge in [0.05, 0.1) is 11.9 Å². The molecule has 0 aliphatic carbocycles. The molecule has 0 aliphatic heterocycles. The molecule has 4 aromatic rings. The van der Waals surface area contributed by atoms with Gasteiger partial charge in [0.1, 0.15) is 24.0 Å². The van der Waals surface area contributed by atoms with Gasteiger partial charge in [0.2, 0.25) is 5.91 Å². The van der Waals surface area contributed by atoms with Gasteiger partial charge in [-0.15, -0.1) is 0 Å². The largest absolute Gasteiger partial charge is 0.455 e. The molecule has 2 heterocycles. The van der Waals surface area contributed by atoms with Gasteiger partial charge in [-0.05, 0) is 31.2 Å². The molecule has 1 N–H and O–H groups in total. The Labute approximate surface area is 166 Å². The molecule has 0 spiro atoms. The van der Waals surface area contributed by atoms with Gasteiger partial charge < -0.3 is 10.1 Å². The molecule has 146 valence electrons. The fourth-order valence-corrected chi connectivity index (χ4v) is 2.92. The van der Waals surface area contributed by atoms with Crippen LogP contribution in [0.3, 0.4) is 0 Å². The van der Waals surface area contributed by atoms with Crippen molar-refractivity contribution in [3.8, 4) is 11.5 Å². The van der Waals surface area contributed by atoms with Crippen LogP contribution in [0.15, 0.2) is 65.8 Å². The van der Waals surface area contributed by atoms with E-state index >= 15 is 0 Å². The van der Waals surface area contributed by atoms with Crippen LogP contribution in [0.2, 0.25) is 0 Å². The maximum absolute atomic E-state index is 12.5. The lowest BCUT2D eigenvalue weighted by atomic mass is 10.2. The Balaban J connectivity index is 1.52. The van der Waals surface area contributed by atoms with Crippen LogP contribution in [-0.2, 0) is 18.4 Å². The molecule has 0 unspecified atom stereocenters. The molecule has 0 atom stereocenters. The Hall–Kier alpha value is -3.94. The van der Waals surface area contributed by atoms with E-state index in [4.69, 9.17) is 4.74 Å². The number of aryl methyl sites for hydroxylation is 2. The van der Waals surface area contributed by atoms with E-state index in [0.717, 1.165) is 5.56 Å². The van der Waals surface area contributed by atoms with Crippen LogP contribution in [0.1, 0.15) is 5.56 Å². The maximum atomic E-state index is 12.5. The van der Waals surface area contributed by atoms with E-state index in [2.05, 4.69) is 15.4 Å². The summed E-state index contributed by atoms with van der Waals surface area (Å²) in [4.78, 5) is 29.3. The molecular weight excluding hydrogens is 370 g/mol. The number of hydrogen-bond acceptors (Lipinski definition) is 5. The van der Waals surface area contributed by atoms with Gasteiger partial charge >= 0.3 is 0 Å². The molecule has 0 saturated carbocycles. The molecule has 2 aromatic heterocycles. The molecule has 2 aromatic carbocycles. The fraction of sp³-hybridized carbons (Fsp3) is 0.143. The number of carbonyl (C=O) groups is 1. The number of benzene rings is 2. The zero-order chi connectivity index (χ0) is 20.4. The number of fused-ring (bicyclic) bond motifs is 1. The molecule has 1 amide bonds. The van der Waals surface area contributed by atoms with Gasteiger partial charge in [-0.1, -0.05) is 29.8 Å². The average molecular weight is 389 g/mol. The Morgan fingerprint density at radius 3 is 2.69 bits per heavy atom. The van der Waals surface area contributed by atoms with Crippen molar-refractivity contribution in [3.05, 3.63) is 77.0 Å². The summed E-state index contributed by atoms with van der Waals surface area (Å²) in [5.74, 6) is 0.815. The second-order valence-corrected chi connectivity index (χ2v) is 6.64. The van der Waals surface area contributed by atoms with Crippen LogP contribution in [0, 0.1) is 6.92 Å². The third-order valence-electron chi connectivity index (χ3n) is 4.44. The highest BCUT2D eigenvalue weighted by atomic mass is 16.5. The van der Waals surface area contributed by atoms with E-state index in [1.807, 2.05) is 37.3 Å². The van der Waals surface area contributed by atoms with E-state index in [0.29, 0.717) is 28.2 Å². The number of ether oxygens (including phenoxy) is 1. The summed E-state index contributed by atoms with van der Waals surface area (Å²) >= 11 is 0. The van der Waals surface area contributed by atoms with Crippen molar-refractivity contribution in [1.29, 1.82) is 0 Å². The number of para-hydroxylation sites is 2. The predicted octanol–water partition coefficient (Wildman–Crippen LogP) is 2.87. The zero-order valence-electron chi connectivity index (χ0n) is 16.0. The lowest BCUT2D eigenvalue weighted by molar-refractivity contribution is -0.116. The molecule has 8 heteroatoms. The van der Waals surface area contributed by atoms with Crippen molar-refractivity contribution >= 4 is 22.6 Å². The normalized spacial score (nSPS) is 10.8. The SMILES string of the molecule is Cc1ccc(Oc2ccccc2NC(=O)Cn2cnc3c(cnn3C)c2=O)cc1. The highest BCUT2D eigenvalue weighted by molar-refractivity contribution is 5.92. The molecule has 0 bridgehead atoms. The minimum Gasteiger partial charge on any atom is -0.455 e. The van der Waals surface area contributed by atoms with Gasteiger partial charge in [-0.2, -0.15) is 5.10 Å². The number of aromatic nitrogens is 4. The Kier molecular flexibility index (Phi) is 4.82. The molecule has 0 aliphatic rings. The van der Waals surface area contributed by atoms with E-state index in [1.165, 1.54) is 21.8 Å². The number of nitrogens with one attached hydrogen (secondary N) is 1. The van der Waals surface area contributed by atoms with E-state index in [9.17, 15) is 9.59 Å². The number of carbonyl (C=O) groups excluding carboxylic acids is 1. The summed E-state index contributed by atoms with van der Waals surface area (Å²) in [5.41, 5.74) is 1.80. The Morgan fingerprint density at radius 1 is 1.14 bits per heavy atom. The minimum atomic E-state index is -0.364. The van der Waals surface area contributed by atoms with Gasteiger partial charge in [-0.3, -0.25) is 18.8 Å². The van der Waals surface area contributed by atoms with Gasteiger partial charge in [-0.25, -0.2) is 4.98 Å². The first kappa shape index (κ1) is 18.4. The number of nitrogens with zero attached hydrogens (tertiary/aromatic N) is 4. The van der Waals surface area contributed by atoms with Crippen molar-refractivity contribution in [2.45, 2.75) is 13.5 Å². The van der Waals surface area contributed by atoms with Crippen molar-refractivity contribution in [2.24, 2.45) is 7.05 Å². The van der Waals surface area contributed by atoms with Crippen LogP contribution in [0.5, 0.6) is 11.5 Å². The summed E-state index contributed by atoms with van der Waals surface area (Å²) in [6.45, 7) is 1.83. The second-order valence-electron chi connectivity index (χ2n) is 6.64. The molecule has 4 rings (SSSR count). The summed E-state index contributed by atoms with van der Waals surface area (Å²) in [5, 5.41) is 7.19. The first-order valence-electron chi connectivity index (χ1n) is 9.02. The fourth-order valence-electron chi connectivity index (χ4n) is 2.92. The third kappa shape index (κ3) is 3.86. The third-order valence-corrected chi connectivity index (χ3v) is 4.44. The average Bonchev–Trinajstić information content (AvgIpc) is 3.09. The number of rotatable bonds is 5. The lowest BCUT2D eigenvalue weighted by Gasteiger charge is -2.13. The first-order chi connectivity index (χ1) is 14.0. The van der Waals surface area contributed by atoms with Crippen molar-refractivity contribution < 1.29 is 9.53 Å². The van der Waals surface area contributed by atoms with Crippen LogP contribution >= 0.6 is 0 Å². The number of hydrogen-bond donors (Lipinski definition) is 1. The van der Waals surface area contributed by atoms with Crippen molar-refractivity contribution in [2.75, 3.05) is 5.32 Å². The highest BCUT2D eigenvalue weighted by Crippen LogP contribution is 2.29. The predicted molar refractivity (Wildman–Crippen MR) is 109 cm³/mol. The topological polar surface area (TPSA) is 91.0 Å². The summed E-state index contributed by atoms with van der Waals surface area (Å²) in [6.07, 6.45) is 2.80. The number of amides is 1. The number of anilines is 1. The Morgan fingerprint density at radius 2 is 1.90 bits per heavy atom. The van der Waals surface area contributed by atoms with Gasteiger partial charge in [0, 0.05) is 7.05 Å². The van der Waals surface area contributed by atoms with Gasteiger partial charge in [0.25, 0.3) is 5.56 Å². The van der Waals surface area contributed by atoms with Crippen LogP contribution < -0.4 is 15.6 Å². The maximum Gasteiger partial charge on any atom is 0.264 e. The van der Waals surface area contributed by atoms with Crippen LogP contribution in [-0.4, -0.2) is 25.2 Å². The quantitative estimate of drug-likeness (QED) is 0.567. The molecule has 0 fully saturated rings. The summed E-state index contributed by atoms with van der Waals surface area (Å²) in [7, 11) is 1.71. The lowest BCUT2D eigenvalue weighted by Crippen LogP contribution is -2.27. The van der Waals surface area contributed by atoms with Crippen molar-refractivity contribution in [3.63, 3.8) is 0 Å². The summed E-state index contributed by atoms with van der Waals surface area (Å²) in [6, 6.07) is 14.8. The van der Waals surface area contributed by atoms with E-state index in [-0.39, 0.29) is 18.0 Å². The first-order valence-corrected chi connectivity index (χ1v) is 9.02. The monoisotopic (exact) mass is 389 g/mol. The molecule has 0 saturated heterocycles. The second kappa shape index (κ2) is 7.59. The van der Waals surface area contributed by atoms with E-state index < -0.39 is 0 Å². The smallest absolute Gasteiger partial charge is 0.264 e. The van der Waals surface area contributed by atoms with E-state index in [1.54, 1.807) is 25.2 Å².